The molecular weight excluding hydrogens is 222 g/mol. The molecule has 2 heterocycles. The zero-order valence-corrected chi connectivity index (χ0v) is 9.20. The Bertz CT molecular complexity index is 471. The third kappa shape index (κ3) is 1.51. The van der Waals surface area contributed by atoms with Crippen molar-refractivity contribution < 1.29 is 19.1 Å². The third-order valence-corrected chi connectivity index (χ3v) is 2.95. The number of esters is 1. The molecule has 88 valence electrons. The number of nitrogens with zero attached hydrogens (tertiary/aromatic N) is 1. The largest absolute Gasteiger partial charge is 0.431 e. The Balaban J connectivity index is 1.93. The van der Waals surface area contributed by atoms with Crippen LogP contribution in [0.15, 0.2) is 35.5 Å². The van der Waals surface area contributed by atoms with Crippen LogP contribution in [0.2, 0.25) is 0 Å². The maximum absolute atomic E-state index is 11.7. The number of methoxy groups -OCH3 is 1. The number of benzene rings is 1. The van der Waals surface area contributed by atoms with Gasteiger partial charge in [-0.2, -0.15) is 0 Å². The monoisotopic (exact) mass is 233 g/mol. The molecule has 5 heteroatoms. The van der Waals surface area contributed by atoms with Gasteiger partial charge in [0.2, 0.25) is 12.4 Å². The van der Waals surface area contributed by atoms with Gasteiger partial charge in [0.25, 0.3) is 0 Å². The van der Waals surface area contributed by atoms with E-state index in [0.717, 1.165) is 5.56 Å². The van der Waals surface area contributed by atoms with E-state index in [-0.39, 0.29) is 5.97 Å². The summed E-state index contributed by atoms with van der Waals surface area (Å²) in [6, 6.07) is 9.46. The molecule has 0 saturated carbocycles. The molecule has 0 aromatic heterocycles. The predicted molar refractivity (Wildman–Crippen MR) is 58.2 cm³/mol. The Labute approximate surface area is 98.0 Å². The van der Waals surface area contributed by atoms with E-state index < -0.39 is 18.3 Å². The van der Waals surface area contributed by atoms with Crippen molar-refractivity contribution in [3.63, 3.8) is 0 Å². The van der Waals surface area contributed by atoms with E-state index in [1.165, 1.54) is 7.11 Å². The van der Waals surface area contributed by atoms with Crippen LogP contribution in [0.25, 0.3) is 0 Å². The summed E-state index contributed by atoms with van der Waals surface area (Å²) in [4.78, 5) is 17.0. The average molecular weight is 233 g/mol. The molecule has 0 N–H and O–H groups in total. The van der Waals surface area contributed by atoms with E-state index in [2.05, 4.69) is 5.16 Å². The highest BCUT2D eigenvalue weighted by Gasteiger charge is 2.53. The van der Waals surface area contributed by atoms with Crippen LogP contribution in [-0.4, -0.2) is 31.2 Å². The SMILES string of the molecule is CO[C@@H]1OC(=O)[C@H]2C(c3ccccc3)=NO[C@@H]12. The molecule has 0 bridgehead atoms. The summed E-state index contributed by atoms with van der Waals surface area (Å²) in [5, 5.41) is 3.97. The lowest BCUT2D eigenvalue weighted by atomic mass is 9.94. The van der Waals surface area contributed by atoms with Gasteiger partial charge in [-0.1, -0.05) is 35.5 Å². The maximum Gasteiger partial charge on any atom is 0.321 e. The van der Waals surface area contributed by atoms with Gasteiger partial charge >= 0.3 is 5.97 Å². The topological polar surface area (TPSA) is 57.1 Å². The Kier molecular flexibility index (Phi) is 2.33. The van der Waals surface area contributed by atoms with Crippen LogP contribution in [0.5, 0.6) is 0 Å². The molecule has 0 radical (unpaired) electrons. The van der Waals surface area contributed by atoms with Crippen LogP contribution in [0.4, 0.5) is 0 Å². The minimum atomic E-state index is -0.669. The van der Waals surface area contributed by atoms with Gasteiger partial charge in [0, 0.05) is 12.7 Å². The van der Waals surface area contributed by atoms with E-state index in [1.54, 1.807) is 0 Å². The van der Waals surface area contributed by atoms with Gasteiger partial charge in [0.15, 0.2) is 0 Å². The first-order valence-corrected chi connectivity index (χ1v) is 5.33. The molecule has 0 unspecified atom stereocenters. The average Bonchev–Trinajstić information content (AvgIpc) is 2.92. The smallest absolute Gasteiger partial charge is 0.321 e. The zero-order valence-electron chi connectivity index (χ0n) is 9.20. The second-order valence-electron chi connectivity index (χ2n) is 3.93. The number of fused-ring (bicyclic) bond motifs is 1. The number of carbonyl (C=O) groups is 1. The number of rotatable bonds is 2. The molecule has 3 atom stereocenters. The van der Waals surface area contributed by atoms with Gasteiger partial charge in [-0.25, -0.2) is 0 Å². The fourth-order valence-electron chi connectivity index (χ4n) is 2.12. The Morgan fingerprint density at radius 1 is 1.29 bits per heavy atom. The standard InChI is InChI=1S/C12H11NO4/c1-15-12-10-8(11(14)16-12)9(13-17-10)7-5-3-2-4-6-7/h2-6,8,10,12H,1H3/t8-,10+,12+/m0/s1. The summed E-state index contributed by atoms with van der Waals surface area (Å²) >= 11 is 0. The summed E-state index contributed by atoms with van der Waals surface area (Å²) in [6.45, 7) is 0. The lowest BCUT2D eigenvalue weighted by Crippen LogP contribution is -2.29. The lowest BCUT2D eigenvalue weighted by Gasteiger charge is -2.11. The molecule has 1 aromatic carbocycles. The summed E-state index contributed by atoms with van der Waals surface area (Å²) in [5.41, 5.74) is 1.48. The fourth-order valence-corrected chi connectivity index (χ4v) is 2.12. The normalized spacial score (nSPS) is 30.5. The van der Waals surface area contributed by atoms with Gasteiger partial charge in [0.05, 0.1) is 0 Å². The van der Waals surface area contributed by atoms with Gasteiger partial charge in [-0.05, 0) is 0 Å². The molecule has 1 saturated heterocycles. The summed E-state index contributed by atoms with van der Waals surface area (Å²) in [5.74, 6) is -0.829. The molecule has 0 aliphatic carbocycles. The van der Waals surface area contributed by atoms with Crippen molar-refractivity contribution in [1.82, 2.24) is 0 Å². The van der Waals surface area contributed by atoms with Crippen molar-refractivity contribution in [3.05, 3.63) is 35.9 Å². The van der Waals surface area contributed by atoms with Crippen LogP contribution in [0.1, 0.15) is 5.56 Å². The van der Waals surface area contributed by atoms with Crippen LogP contribution in [0, 0.1) is 5.92 Å². The van der Waals surface area contributed by atoms with Crippen LogP contribution in [0.3, 0.4) is 0 Å². The molecule has 0 amide bonds. The Hall–Kier alpha value is -1.88. The second-order valence-corrected chi connectivity index (χ2v) is 3.93. The number of cyclic esters (lactones) is 1. The number of oxime groups is 1. The van der Waals surface area contributed by atoms with E-state index in [0.29, 0.717) is 5.71 Å². The van der Waals surface area contributed by atoms with Gasteiger partial charge in [-0.3, -0.25) is 4.79 Å². The number of carbonyl (C=O) groups excluding carboxylic acids is 1. The van der Waals surface area contributed by atoms with E-state index in [4.69, 9.17) is 14.3 Å². The second kappa shape index (κ2) is 3.85. The molecular formula is C12H11NO4. The van der Waals surface area contributed by atoms with Gasteiger partial charge < -0.3 is 14.3 Å². The molecule has 2 aliphatic heterocycles. The van der Waals surface area contributed by atoms with E-state index in [9.17, 15) is 4.79 Å². The first-order valence-electron chi connectivity index (χ1n) is 5.33. The molecule has 3 rings (SSSR count). The van der Waals surface area contributed by atoms with E-state index in [1.807, 2.05) is 30.3 Å². The predicted octanol–water partition coefficient (Wildman–Crippen LogP) is 0.935. The number of hydrogen-bond donors (Lipinski definition) is 0. The van der Waals surface area contributed by atoms with Crippen molar-refractivity contribution >= 4 is 11.7 Å². The lowest BCUT2D eigenvalue weighted by molar-refractivity contribution is -0.170. The third-order valence-electron chi connectivity index (χ3n) is 2.95. The minimum Gasteiger partial charge on any atom is -0.431 e. The molecule has 1 fully saturated rings. The van der Waals surface area contributed by atoms with Gasteiger partial charge in [-0.15, -0.1) is 0 Å². The maximum atomic E-state index is 11.7. The summed E-state index contributed by atoms with van der Waals surface area (Å²) < 4.78 is 10.1. The highest BCUT2D eigenvalue weighted by Crippen LogP contribution is 2.33. The van der Waals surface area contributed by atoms with Gasteiger partial charge in [0.1, 0.15) is 11.6 Å². The Morgan fingerprint density at radius 3 is 2.76 bits per heavy atom. The highest BCUT2D eigenvalue weighted by molar-refractivity contribution is 6.13. The van der Waals surface area contributed by atoms with Crippen molar-refractivity contribution in [2.24, 2.45) is 11.1 Å². The van der Waals surface area contributed by atoms with Crippen molar-refractivity contribution in [3.8, 4) is 0 Å². The number of ether oxygens (including phenoxy) is 2. The number of hydrogen-bond acceptors (Lipinski definition) is 5. The molecule has 5 nitrogen and oxygen atoms in total. The summed E-state index contributed by atoms with van der Waals surface area (Å²) in [6.07, 6.45) is -1.14. The fraction of sp³-hybridized carbons (Fsp3) is 0.333. The molecule has 0 spiro atoms. The van der Waals surface area contributed by atoms with Crippen molar-refractivity contribution in [2.45, 2.75) is 12.4 Å². The highest BCUT2D eigenvalue weighted by atomic mass is 16.7. The van der Waals surface area contributed by atoms with E-state index >= 15 is 0 Å². The van der Waals surface area contributed by atoms with Crippen molar-refractivity contribution in [1.29, 1.82) is 0 Å². The minimum absolute atomic E-state index is 0.345. The Morgan fingerprint density at radius 2 is 2.06 bits per heavy atom. The van der Waals surface area contributed by atoms with Crippen molar-refractivity contribution in [2.75, 3.05) is 7.11 Å². The van der Waals surface area contributed by atoms with Crippen LogP contribution in [-0.2, 0) is 19.1 Å². The summed E-state index contributed by atoms with van der Waals surface area (Å²) in [7, 11) is 1.48. The quantitative estimate of drug-likeness (QED) is 0.713. The molecule has 1 aromatic rings. The molecule has 17 heavy (non-hydrogen) atoms. The first kappa shape index (κ1) is 10.3. The molecule has 2 aliphatic rings. The first-order chi connectivity index (χ1) is 8.31. The zero-order chi connectivity index (χ0) is 11.8. The van der Waals surface area contributed by atoms with Crippen LogP contribution >= 0.6 is 0 Å². The van der Waals surface area contributed by atoms with Crippen LogP contribution < -0.4 is 0 Å².